The van der Waals surface area contributed by atoms with Gasteiger partial charge >= 0.3 is 5.69 Å². The zero-order valence-corrected chi connectivity index (χ0v) is 16.7. The van der Waals surface area contributed by atoms with Gasteiger partial charge in [0.25, 0.3) is 0 Å². The maximum Gasteiger partial charge on any atom is 0.351 e. The third kappa shape index (κ3) is 6.59. The van der Waals surface area contributed by atoms with E-state index in [1.807, 2.05) is 6.92 Å². The summed E-state index contributed by atoms with van der Waals surface area (Å²) in [5.74, 6) is 0.608. The van der Waals surface area contributed by atoms with Crippen LogP contribution in [-0.2, 0) is 4.74 Å². The lowest BCUT2D eigenvalue weighted by Gasteiger charge is -2.16. The number of aliphatic hydroxyl groups is 2. The largest absolute Gasteiger partial charge is 0.394 e. The predicted octanol–water partition coefficient (Wildman–Crippen LogP) is 2.75. The summed E-state index contributed by atoms with van der Waals surface area (Å²) in [6.45, 7) is 4.67. The molecule has 1 fully saturated rings. The highest BCUT2D eigenvalue weighted by Gasteiger charge is 2.35. The SMILES string of the molecule is CCCCCCCCCCNc1nc(=O)n([C@H]2C[C@H](O)[C@@H](CO)O2)cc1C. The summed E-state index contributed by atoms with van der Waals surface area (Å²) in [5, 5.41) is 22.3. The van der Waals surface area contributed by atoms with E-state index < -0.39 is 24.1 Å². The van der Waals surface area contributed by atoms with Crippen LogP contribution in [0.25, 0.3) is 0 Å². The van der Waals surface area contributed by atoms with Crippen LogP contribution < -0.4 is 11.0 Å². The topological polar surface area (TPSA) is 96.6 Å². The summed E-state index contributed by atoms with van der Waals surface area (Å²) in [7, 11) is 0. The Morgan fingerprint density at radius 1 is 1.22 bits per heavy atom. The maximum atomic E-state index is 12.3. The molecule has 1 saturated heterocycles. The highest BCUT2D eigenvalue weighted by molar-refractivity contribution is 5.41. The third-order valence-electron chi connectivity index (χ3n) is 5.15. The van der Waals surface area contributed by atoms with Gasteiger partial charge in [0.2, 0.25) is 0 Å². The minimum atomic E-state index is -0.771. The molecule has 0 unspecified atom stereocenters. The van der Waals surface area contributed by atoms with Gasteiger partial charge in [-0.3, -0.25) is 4.57 Å². The molecule has 154 valence electrons. The first kappa shape index (κ1) is 21.9. The number of hydrogen-bond acceptors (Lipinski definition) is 6. The number of anilines is 1. The smallest absolute Gasteiger partial charge is 0.351 e. The van der Waals surface area contributed by atoms with Crippen molar-refractivity contribution >= 4 is 5.82 Å². The van der Waals surface area contributed by atoms with Crippen molar-refractivity contribution < 1.29 is 14.9 Å². The lowest BCUT2D eigenvalue weighted by atomic mass is 10.1. The van der Waals surface area contributed by atoms with Crippen LogP contribution in [0.15, 0.2) is 11.0 Å². The molecule has 0 bridgehead atoms. The maximum absolute atomic E-state index is 12.3. The van der Waals surface area contributed by atoms with Crippen LogP contribution in [0.3, 0.4) is 0 Å². The quantitative estimate of drug-likeness (QED) is 0.482. The molecule has 7 nitrogen and oxygen atoms in total. The number of aromatic nitrogens is 2. The van der Waals surface area contributed by atoms with Crippen LogP contribution in [0.2, 0.25) is 0 Å². The van der Waals surface area contributed by atoms with E-state index in [-0.39, 0.29) is 13.0 Å². The van der Waals surface area contributed by atoms with Gasteiger partial charge < -0.3 is 20.3 Å². The fraction of sp³-hybridized carbons (Fsp3) is 0.800. The van der Waals surface area contributed by atoms with Gasteiger partial charge in [0.15, 0.2) is 0 Å². The standard InChI is InChI=1S/C20H35N3O4/c1-3-4-5-6-7-8-9-10-11-21-19-15(2)13-23(20(26)22-19)18-12-16(25)17(14-24)27-18/h13,16-18,24-25H,3-12,14H2,1-2H3,(H,21,22,26)/t16-,17+,18+/m0/s1. The number of rotatable bonds is 12. The summed E-state index contributed by atoms with van der Waals surface area (Å²) >= 11 is 0. The molecular weight excluding hydrogens is 346 g/mol. The van der Waals surface area contributed by atoms with Gasteiger partial charge in [-0.1, -0.05) is 51.9 Å². The Balaban J connectivity index is 1.77. The molecule has 1 aliphatic rings. The minimum Gasteiger partial charge on any atom is -0.394 e. The molecule has 1 aromatic heterocycles. The van der Waals surface area contributed by atoms with E-state index >= 15 is 0 Å². The van der Waals surface area contributed by atoms with E-state index in [2.05, 4.69) is 17.2 Å². The van der Waals surface area contributed by atoms with E-state index in [4.69, 9.17) is 4.74 Å². The van der Waals surface area contributed by atoms with Gasteiger partial charge in [-0.2, -0.15) is 4.98 Å². The van der Waals surface area contributed by atoms with E-state index in [0.717, 1.165) is 18.5 Å². The zero-order valence-electron chi connectivity index (χ0n) is 16.7. The number of ether oxygens (including phenoxy) is 1. The van der Waals surface area contributed by atoms with Gasteiger partial charge in [-0.15, -0.1) is 0 Å². The first-order chi connectivity index (χ1) is 13.1. The summed E-state index contributed by atoms with van der Waals surface area (Å²) in [6, 6.07) is 0. The van der Waals surface area contributed by atoms with Gasteiger partial charge in [0, 0.05) is 24.7 Å². The van der Waals surface area contributed by atoms with E-state index in [0.29, 0.717) is 5.82 Å². The molecule has 0 spiro atoms. The molecule has 0 aromatic carbocycles. The number of nitrogens with one attached hydrogen (secondary N) is 1. The molecule has 0 amide bonds. The second-order valence-corrected chi connectivity index (χ2v) is 7.48. The number of hydrogen-bond donors (Lipinski definition) is 3. The van der Waals surface area contributed by atoms with Crippen LogP contribution in [-0.4, -0.2) is 45.1 Å². The minimum absolute atomic E-state index is 0.267. The van der Waals surface area contributed by atoms with Crippen molar-refractivity contribution in [3.8, 4) is 0 Å². The Morgan fingerprint density at radius 3 is 2.52 bits per heavy atom. The van der Waals surface area contributed by atoms with Crippen LogP contribution in [0.4, 0.5) is 5.82 Å². The zero-order chi connectivity index (χ0) is 19.6. The Labute approximate surface area is 161 Å². The molecule has 1 aliphatic heterocycles. The molecule has 3 N–H and O–H groups in total. The van der Waals surface area contributed by atoms with Crippen molar-refractivity contribution in [1.29, 1.82) is 0 Å². The van der Waals surface area contributed by atoms with Crippen molar-refractivity contribution in [2.24, 2.45) is 0 Å². The Kier molecular flexibility index (Phi) is 9.24. The van der Waals surface area contributed by atoms with Crippen molar-refractivity contribution in [3.63, 3.8) is 0 Å². The first-order valence-electron chi connectivity index (χ1n) is 10.3. The second kappa shape index (κ2) is 11.4. The first-order valence-corrected chi connectivity index (χ1v) is 10.3. The normalized spacial score (nSPS) is 22.3. The lowest BCUT2D eigenvalue weighted by Crippen LogP contribution is -2.29. The molecule has 7 heteroatoms. The lowest BCUT2D eigenvalue weighted by molar-refractivity contribution is -0.0459. The van der Waals surface area contributed by atoms with Gasteiger partial charge in [0.05, 0.1) is 12.7 Å². The van der Waals surface area contributed by atoms with Crippen molar-refractivity contribution in [3.05, 3.63) is 22.2 Å². The van der Waals surface area contributed by atoms with E-state index in [1.54, 1.807) is 6.20 Å². The average molecular weight is 382 g/mol. The fourth-order valence-corrected chi connectivity index (χ4v) is 3.47. The summed E-state index contributed by atoms with van der Waals surface area (Å²) in [4.78, 5) is 16.5. The van der Waals surface area contributed by atoms with Crippen molar-refractivity contribution in [2.45, 2.75) is 90.1 Å². The molecule has 0 saturated carbocycles. The predicted molar refractivity (Wildman–Crippen MR) is 106 cm³/mol. The molecule has 1 aromatic rings. The summed E-state index contributed by atoms with van der Waals surface area (Å²) in [5.41, 5.74) is 0.453. The highest BCUT2D eigenvalue weighted by Crippen LogP contribution is 2.27. The summed E-state index contributed by atoms with van der Waals surface area (Å²) < 4.78 is 6.95. The Hall–Kier alpha value is -1.44. The average Bonchev–Trinajstić information content (AvgIpc) is 3.03. The van der Waals surface area contributed by atoms with Gasteiger partial charge in [-0.05, 0) is 13.3 Å². The van der Waals surface area contributed by atoms with Gasteiger partial charge in [-0.25, -0.2) is 4.79 Å². The van der Waals surface area contributed by atoms with Crippen LogP contribution >= 0.6 is 0 Å². The van der Waals surface area contributed by atoms with Crippen LogP contribution in [0, 0.1) is 6.92 Å². The Morgan fingerprint density at radius 2 is 1.89 bits per heavy atom. The third-order valence-corrected chi connectivity index (χ3v) is 5.15. The number of aliphatic hydroxyl groups excluding tert-OH is 2. The molecule has 0 aliphatic carbocycles. The van der Waals surface area contributed by atoms with Crippen LogP contribution in [0.1, 0.15) is 76.5 Å². The van der Waals surface area contributed by atoms with Crippen molar-refractivity contribution in [1.82, 2.24) is 9.55 Å². The van der Waals surface area contributed by atoms with E-state index in [1.165, 1.54) is 49.5 Å². The van der Waals surface area contributed by atoms with Gasteiger partial charge in [0.1, 0.15) is 18.1 Å². The molecule has 27 heavy (non-hydrogen) atoms. The summed E-state index contributed by atoms with van der Waals surface area (Å²) in [6.07, 6.45) is 10.1. The molecule has 2 heterocycles. The monoisotopic (exact) mass is 381 g/mol. The van der Waals surface area contributed by atoms with Crippen molar-refractivity contribution in [2.75, 3.05) is 18.5 Å². The molecule has 0 radical (unpaired) electrons. The Bertz CT molecular complexity index is 620. The van der Waals surface area contributed by atoms with E-state index in [9.17, 15) is 15.0 Å². The number of aryl methyl sites for hydroxylation is 1. The molecular formula is C20H35N3O4. The molecule has 2 rings (SSSR count). The second-order valence-electron chi connectivity index (χ2n) is 7.48. The fourth-order valence-electron chi connectivity index (χ4n) is 3.47. The van der Waals surface area contributed by atoms with Crippen LogP contribution in [0.5, 0.6) is 0 Å². The molecule has 3 atom stereocenters. The highest BCUT2D eigenvalue weighted by atomic mass is 16.5. The number of unbranched alkanes of at least 4 members (excludes halogenated alkanes) is 7. The number of nitrogens with zero attached hydrogens (tertiary/aromatic N) is 2.